The zero-order valence-corrected chi connectivity index (χ0v) is 15.7. The molecular formula is C16H19ClN5S2-. The van der Waals surface area contributed by atoms with Crippen LogP contribution in [0, 0.1) is 6.92 Å². The van der Waals surface area contributed by atoms with Crippen LogP contribution in [0.15, 0.2) is 46.9 Å². The van der Waals surface area contributed by atoms with Crippen LogP contribution in [0.2, 0.25) is 0 Å². The Balaban J connectivity index is 0.00000208. The van der Waals surface area contributed by atoms with E-state index in [4.69, 9.17) is 0 Å². The molecule has 0 radical (unpaired) electrons. The molecule has 1 N–H and O–H groups in total. The van der Waals surface area contributed by atoms with Crippen LogP contribution in [0.4, 0.5) is 0 Å². The molecule has 8 heteroatoms. The molecule has 0 spiro atoms. The third-order valence-electron chi connectivity index (χ3n) is 3.42. The van der Waals surface area contributed by atoms with Crippen molar-refractivity contribution in [2.24, 2.45) is 0 Å². The summed E-state index contributed by atoms with van der Waals surface area (Å²) >= 11 is 3.50. The van der Waals surface area contributed by atoms with Gasteiger partial charge in [0.05, 0.1) is 5.69 Å². The number of benzene rings is 1. The average Bonchev–Trinajstić information content (AvgIpc) is 3.21. The fraction of sp³-hybridized carbons (Fsp3) is 0.312. The summed E-state index contributed by atoms with van der Waals surface area (Å²) in [6.07, 6.45) is 1.08. The van der Waals surface area contributed by atoms with Gasteiger partial charge in [-0.25, -0.2) is 0 Å². The van der Waals surface area contributed by atoms with E-state index in [9.17, 15) is 0 Å². The van der Waals surface area contributed by atoms with Gasteiger partial charge in [0.2, 0.25) is 5.16 Å². The third kappa shape index (κ3) is 5.04. The normalized spacial score (nSPS) is 10.5. The molecule has 0 aliphatic carbocycles. The molecule has 0 fully saturated rings. The Bertz CT molecular complexity index is 729. The molecule has 2 heterocycles. The largest absolute Gasteiger partial charge is 1.00 e. The van der Waals surface area contributed by atoms with Crippen molar-refractivity contribution >= 4 is 23.1 Å². The Morgan fingerprint density at radius 2 is 2.04 bits per heavy atom. The summed E-state index contributed by atoms with van der Waals surface area (Å²) in [6.45, 7) is 4.11. The first kappa shape index (κ1) is 18.9. The second-order valence-electron chi connectivity index (χ2n) is 5.11. The second kappa shape index (κ2) is 9.78. The number of rotatable bonds is 8. The van der Waals surface area contributed by atoms with Gasteiger partial charge in [-0.3, -0.25) is 0 Å². The molecule has 0 saturated carbocycles. The number of para-hydroxylation sites is 1. The maximum Gasteiger partial charge on any atom is 0.214 e. The minimum absolute atomic E-state index is 0. The zero-order chi connectivity index (χ0) is 15.9. The standard InChI is InChI=1S/C16H19N5S2.ClH/c1-13-8-11-22-15(13)12-17-9-5-10-23-16-18-19-20-21(16)14-6-3-2-4-7-14;/h2-4,6-8,11,17H,5,9-10,12H2,1H3;1H/p-1. The van der Waals surface area contributed by atoms with Crippen molar-refractivity contribution < 1.29 is 12.4 Å². The number of aromatic nitrogens is 4. The van der Waals surface area contributed by atoms with E-state index >= 15 is 0 Å². The molecule has 0 aliphatic rings. The molecule has 0 aliphatic heterocycles. The molecule has 2 aromatic heterocycles. The van der Waals surface area contributed by atoms with Crippen LogP contribution in [-0.4, -0.2) is 32.5 Å². The number of tetrazole rings is 1. The lowest BCUT2D eigenvalue weighted by Crippen LogP contribution is -3.00. The third-order valence-corrected chi connectivity index (χ3v) is 5.45. The molecule has 5 nitrogen and oxygen atoms in total. The monoisotopic (exact) mass is 380 g/mol. The van der Waals surface area contributed by atoms with Crippen LogP contribution in [0.25, 0.3) is 5.69 Å². The summed E-state index contributed by atoms with van der Waals surface area (Å²) in [5, 5.41) is 18.4. The summed E-state index contributed by atoms with van der Waals surface area (Å²) in [7, 11) is 0. The molecule has 3 rings (SSSR count). The summed E-state index contributed by atoms with van der Waals surface area (Å²) in [5.74, 6) is 0.990. The van der Waals surface area contributed by atoms with Crippen molar-refractivity contribution in [3.8, 4) is 5.69 Å². The average molecular weight is 381 g/mol. The fourth-order valence-corrected chi connectivity index (χ4v) is 3.85. The second-order valence-corrected chi connectivity index (χ2v) is 7.18. The van der Waals surface area contributed by atoms with Crippen molar-refractivity contribution in [3.05, 3.63) is 52.2 Å². The van der Waals surface area contributed by atoms with Crippen LogP contribution in [0.3, 0.4) is 0 Å². The van der Waals surface area contributed by atoms with Gasteiger partial charge in [0.25, 0.3) is 0 Å². The topological polar surface area (TPSA) is 55.6 Å². The van der Waals surface area contributed by atoms with Crippen molar-refractivity contribution in [3.63, 3.8) is 0 Å². The molecule has 0 amide bonds. The summed E-state index contributed by atoms with van der Waals surface area (Å²) in [6, 6.07) is 12.1. The van der Waals surface area contributed by atoms with Gasteiger partial charge >= 0.3 is 0 Å². The molecule has 128 valence electrons. The Morgan fingerprint density at radius 3 is 2.79 bits per heavy atom. The first-order valence-electron chi connectivity index (χ1n) is 7.55. The number of thiophene rings is 1. The number of nitrogens with one attached hydrogen (secondary N) is 1. The van der Waals surface area contributed by atoms with Crippen molar-refractivity contribution in [1.29, 1.82) is 0 Å². The maximum absolute atomic E-state index is 4.11. The van der Waals surface area contributed by atoms with E-state index in [-0.39, 0.29) is 12.4 Å². The van der Waals surface area contributed by atoms with Gasteiger partial charge < -0.3 is 17.7 Å². The van der Waals surface area contributed by atoms with E-state index in [0.29, 0.717) is 0 Å². The highest BCUT2D eigenvalue weighted by Gasteiger charge is 2.08. The number of hydrogen-bond donors (Lipinski definition) is 1. The Labute approximate surface area is 156 Å². The molecule has 0 atom stereocenters. The number of halogens is 1. The van der Waals surface area contributed by atoms with E-state index in [1.54, 1.807) is 16.4 Å². The highest BCUT2D eigenvalue weighted by atomic mass is 35.5. The Morgan fingerprint density at radius 1 is 1.21 bits per heavy atom. The first-order chi connectivity index (χ1) is 11.3. The van der Waals surface area contributed by atoms with Gasteiger partial charge in [-0.05, 0) is 59.5 Å². The minimum atomic E-state index is 0. The lowest BCUT2D eigenvalue weighted by atomic mass is 10.3. The number of hydrogen-bond acceptors (Lipinski definition) is 6. The number of nitrogens with zero attached hydrogens (tertiary/aromatic N) is 4. The smallest absolute Gasteiger partial charge is 0.214 e. The van der Waals surface area contributed by atoms with Crippen LogP contribution in [0.1, 0.15) is 16.9 Å². The van der Waals surface area contributed by atoms with Crippen LogP contribution in [-0.2, 0) is 6.54 Å². The van der Waals surface area contributed by atoms with Gasteiger partial charge in [-0.15, -0.1) is 16.4 Å². The van der Waals surface area contributed by atoms with Gasteiger partial charge in [-0.1, -0.05) is 30.0 Å². The minimum Gasteiger partial charge on any atom is -1.00 e. The predicted molar refractivity (Wildman–Crippen MR) is 95.3 cm³/mol. The van der Waals surface area contributed by atoms with E-state index in [0.717, 1.165) is 36.1 Å². The Kier molecular flexibility index (Phi) is 7.71. The molecule has 24 heavy (non-hydrogen) atoms. The molecule has 0 bridgehead atoms. The van der Waals surface area contributed by atoms with Crippen LogP contribution in [0.5, 0.6) is 0 Å². The first-order valence-corrected chi connectivity index (χ1v) is 9.41. The molecule has 1 aromatic carbocycles. The van der Waals surface area contributed by atoms with E-state index < -0.39 is 0 Å². The highest BCUT2D eigenvalue weighted by Crippen LogP contribution is 2.18. The zero-order valence-electron chi connectivity index (χ0n) is 13.4. The van der Waals surface area contributed by atoms with Crippen molar-refractivity contribution in [1.82, 2.24) is 25.5 Å². The quantitative estimate of drug-likeness (QED) is 0.450. The SMILES string of the molecule is Cc1ccsc1CNCCCSc1nnnn1-c1ccccc1.[Cl-]. The van der Waals surface area contributed by atoms with E-state index in [1.807, 2.05) is 41.7 Å². The number of thioether (sulfide) groups is 1. The molecule has 3 aromatic rings. The van der Waals surface area contributed by atoms with E-state index in [2.05, 4.69) is 39.2 Å². The highest BCUT2D eigenvalue weighted by molar-refractivity contribution is 7.99. The summed E-state index contributed by atoms with van der Waals surface area (Å²) < 4.78 is 1.78. The summed E-state index contributed by atoms with van der Waals surface area (Å²) in [4.78, 5) is 1.42. The Hall–Kier alpha value is -1.41. The van der Waals surface area contributed by atoms with Gasteiger partial charge in [0.15, 0.2) is 0 Å². The van der Waals surface area contributed by atoms with Crippen LogP contribution >= 0.6 is 23.1 Å². The predicted octanol–water partition coefficient (Wildman–Crippen LogP) is 0.308. The van der Waals surface area contributed by atoms with Gasteiger partial charge in [0.1, 0.15) is 0 Å². The lowest BCUT2D eigenvalue weighted by molar-refractivity contribution is -0.00000477. The maximum atomic E-state index is 4.11. The fourth-order valence-electron chi connectivity index (χ4n) is 2.15. The molecular weight excluding hydrogens is 362 g/mol. The van der Waals surface area contributed by atoms with Crippen molar-refractivity contribution in [2.45, 2.75) is 25.0 Å². The van der Waals surface area contributed by atoms with Crippen molar-refractivity contribution in [2.75, 3.05) is 12.3 Å². The molecule has 0 unspecified atom stereocenters. The van der Waals surface area contributed by atoms with Gasteiger partial charge in [0, 0.05) is 17.2 Å². The lowest BCUT2D eigenvalue weighted by Gasteiger charge is -2.05. The molecule has 0 saturated heterocycles. The summed E-state index contributed by atoms with van der Waals surface area (Å²) in [5.41, 5.74) is 2.37. The van der Waals surface area contributed by atoms with Gasteiger partial charge in [-0.2, -0.15) is 4.68 Å². The van der Waals surface area contributed by atoms with E-state index in [1.165, 1.54) is 10.4 Å². The van der Waals surface area contributed by atoms with Crippen LogP contribution < -0.4 is 17.7 Å². The number of aryl methyl sites for hydroxylation is 1.